The van der Waals surface area contributed by atoms with Crippen molar-refractivity contribution in [1.29, 1.82) is 0 Å². The van der Waals surface area contributed by atoms with Gasteiger partial charge in [-0.3, -0.25) is 9.59 Å². The van der Waals surface area contributed by atoms with E-state index in [1.54, 1.807) is 0 Å². The topological polar surface area (TPSA) is 119 Å². The Balaban J connectivity index is 2.77. The molecule has 0 bridgehead atoms. The third-order valence-corrected chi connectivity index (χ3v) is 2.66. The Labute approximate surface area is 93.3 Å². The van der Waals surface area contributed by atoms with E-state index in [-0.39, 0.29) is 19.5 Å². The number of rotatable bonds is 4. The van der Waals surface area contributed by atoms with Crippen molar-refractivity contribution in [3.63, 3.8) is 0 Å². The summed E-state index contributed by atoms with van der Waals surface area (Å²) in [5.41, 5.74) is 10.5. The fraction of sp³-hybridized carbons (Fsp3) is 0.778. The normalized spacial score (nSPS) is 26.8. The average Bonchev–Trinajstić information content (AvgIpc) is 2.62. The van der Waals surface area contributed by atoms with Gasteiger partial charge >= 0.3 is 0 Å². The van der Waals surface area contributed by atoms with Crippen LogP contribution >= 0.6 is 0 Å². The van der Waals surface area contributed by atoms with Crippen molar-refractivity contribution in [2.45, 2.75) is 24.7 Å². The van der Waals surface area contributed by atoms with Crippen LogP contribution in [0.3, 0.4) is 0 Å². The molecule has 0 aromatic carbocycles. The number of hydrogen-bond acceptors (Lipinski definition) is 5. The predicted molar refractivity (Wildman–Crippen MR) is 55.2 cm³/mol. The lowest BCUT2D eigenvalue weighted by atomic mass is 10.2. The molecule has 92 valence electrons. The number of aliphatic hydroxyl groups excluding tert-OH is 1. The second kappa shape index (κ2) is 5.24. The predicted octanol–water partition coefficient (Wildman–Crippen LogP) is -2.59. The molecule has 1 fully saturated rings. The van der Waals surface area contributed by atoms with Crippen molar-refractivity contribution in [1.82, 2.24) is 4.90 Å². The van der Waals surface area contributed by atoms with Gasteiger partial charge in [0.2, 0.25) is 5.91 Å². The van der Waals surface area contributed by atoms with E-state index >= 15 is 0 Å². The highest BCUT2D eigenvalue weighted by Gasteiger charge is 2.39. The van der Waals surface area contributed by atoms with Crippen LogP contribution in [0.5, 0.6) is 0 Å². The number of nitrogens with two attached hydrogens (primary N) is 2. The number of methoxy groups -OCH3 is 1. The molecule has 7 heteroatoms. The molecular weight excluding hydrogens is 214 g/mol. The molecule has 3 unspecified atom stereocenters. The molecule has 1 rings (SSSR count). The Morgan fingerprint density at radius 1 is 1.62 bits per heavy atom. The van der Waals surface area contributed by atoms with E-state index in [1.807, 2.05) is 0 Å². The van der Waals surface area contributed by atoms with Crippen molar-refractivity contribution in [2.24, 2.45) is 11.5 Å². The molecule has 5 N–H and O–H groups in total. The van der Waals surface area contributed by atoms with Crippen molar-refractivity contribution in [3.05, 3.63) is 0 Å². The average molecular weight is 231 g/mol. The SMILES string of the molecule is COC(CN)C(=O)N1CC(O)CC1C(N)=O. The number of carbonyl (C=O) groups excluding carboxylic acids is 2. The molecule has 7 nitrogen and oxygen atoms in total. The van der Waals surface area contributed by atoms with E-state index in [0.717, 1.165) is 0 Å². The minimum atomic E-state index is -0.799. The maximum absolute atomic E-state index is 11.9. The van der Waals surface area contributed by atoms with Crippen molar-refractivity contribution < 1.29 is 19.4 Å². The van der Waals surface area contributed by atoms with Crippen LogP contribution in [0.1, 0.15) is 6.42 Å². The van der Waals surface area contributed by atoms with Crippen molar-refractivity contribution >= 4 is 11.8 Å². The smallest absolute Gasteiger partial charge is 0.253 e. The lowest BCUT2D eigenvalue weighted by Gasteiger charge is -2.25. The molecule has 0 spiro atoms. The number of amides is 2. The van der Waals surface area contributed by atoms with Crippen LogP contribution in [0, 0.1) is 0 Å². The number of primary amides is 1. The Morgan fingerprint density at radius 3 is 2.69 bits per heavy atom. The molecular formula is C9H17N3O4. The maximum Gasteiger partial charge on any atom is 0.253 e. The van der Waals surface area contributed by atoms with Crippen molar-refractivity contribution in [2.75, 3.05) is 20.2 Å². The first kappa shape index (κ1) is 12.9. The second-order valence-electron chi connectivity index (χ2n) is 3.76. The Morgan fingerprint density at radius 2 is 2.25 bits per heavy atom. The van der Waals surface area contributed by atoms with Gasteiger partial charge in [0.15, 0.2) is 0 Å². The minimum absolute atomic E-state index is 0.0212. The van der Waals surface area contributed by atoms with Crippen molar-refractivity contribution in [3.8, 4) is 0 Å². The van der Waals surface area contributed by atoms with Crippen LogP contribution < -0.4 is 11.5 Å². The molecule has 0 saturated carbocycles. The fourth-order valence-corrected chi connectivity index (χ4v) is 1.81. The van der Waals surface area contributed by atoms with Crippen LogP contribution in [0.2, 0.25) is 0 Å². The highest BCUT2D eigenvalue weighted by atomic mass is 16.5. The summed E-state index contributed by atoms with van der Waals surface area (Å²) in [6.07, 6.45) is -1.36. The van der Waals surface area contributed by atoms with Gasteiger partial charge in [-0.2, -0.15) is 0 Å². The van der Waals surface area contributed by atoms with Crippen LogP contribution in [-0.4, -0.2) is 60.3 Å². The summed E-state index contributed by atoms with van der Waals surface area (Å²) in [4.78, 5) is 24.2. The highest BCUT2D eigenvalue weighted by Crippen LogP contribution is 2.19. The molecule has 16 heavy (non-hydrogen) atoms. The van der Waals surface area contributed by atoms with E-state index in [2.05, 4.69) is 0 Å². The number of ether oxygens (including phenoxy) is 1. The first-order chi connectivity index (χ1) is 7.51. The summed E-state index contributed by atoms with van der Waals surface area (Å²) in [6.45, 7) is 0.111. The van der Waals surface area contributed by atoms with E-state index in [9.17, 15) is 14.7 Å². The van der Waals surface area contributed by atoms with Gasteiger partial charge in [0.05, 0.1) is 6.10 Å². The fourth-order valence-electron chi connectivity index (χ4n) is 1.81. The largest absolute Gasteiger partial charge is 0.391 e. The molecule has 0 aromatic rings. The lowest BCUT2D eigenvalue weighted by Crippen LogP contribution is -2.50. The zero-order valence-corrected chi connectivity index (χ0v) is 9.13. The zero-order chi connectivity index (χ0) is 12.3. The Bertz CT molecular complexity index is 280. The monoisotopic (exact) mass is 231 g/mol. The van der Waals surface area contributed by atoms with Crippen LogP contribution in [-0.2, 0) is 14.3 Å². The summed E-state index contributed by atoms with van der Waals surface area (Å²) >= 11 is 0. The second-order valence-corrected chi connectivity index (χ2v) is 3.76. The summed E-state index contributed by atoms with van der Waals surface area (Å²) in [5.74, 6) is -1.04. The third kappa shape index (κ3) is 2.49. The zero-order valence-electron chi connectivity index (χ0n) is 9.13. The number of aliphatic hydroxyl groups is 1. The summed E-state index contributed by atoms with van der Waals surface area (Å²) in [5, 5.41) is 9.42. The Hall–Kier alpha value is -1.18. The van der Waals surface area contributed by atoms with Gasteiger partial charge in [-0.25, -0.2) is 0 Å². The van der Waals surface area contributed by atoms with Gasteiger partial charge in [0.1, 0.15) is 12.1 Å². The summed E-state index contributed by atoms with van der Waals surface area (Å²) < 4.78 is 4.89. The molecule has 0 aliphatic carbocycles. The molecule has 2 amide bonds. The number of carbonyl (C=O) groups is 2. The third-order valence-electron chi connectivity index (χ3n) is 2.66. The number of likely N-dealkylation sites (tertiary alicyclic amines) is 1. The molecule has 0 aromatic heterocycles. The first-order valence-corrected chi connectivity index (χ1v) is 5.02. The maximum atomic E-state index is 11.9. The highest BCUT2D eigenvalue weighted by molar-refractivity contribution is 5.89. The quantitative estimate of drug-likeness (QED) is 0.490. The van der Waals surface area contributed by atoms with Gasteiger partial charge < -0.3 is 26.2 Å². The molecule has 1 aliphatic rings. The summed E-state index contributed by atoms with van der Waals surface area (Å²) in [7, 11) is 1.36. The van der Waals surface area contributed by atoms with E-state index < -0.39 is 30.1 Å². The Kier molecular flexibility index (Phi) is 4.22. The number of hydrogen-bond donors (Lipinski definition) is 3. The van der Waals surface area contributed by atoms with Gasteiger partial charge in [0, 0.05) is 26.6 Å². The van der Waals surface area contributed by atoms with Crippen LogP contribution in [0.15, 0.2) is 0 Å². The van der Waals surface area contributed by atoms with Gasteiger partial charge in [-0.05, 0) is 0 Å². The number of β-amino-alcohol motifs (C(OH)–C–C–N with tert-alkyl or cyclic N) is 1. The lowest BCUT2D eigenvalue weighted by molar-refractivity contribution is -0.145. The van der Waals surface area contributed by atoms with Gasteiger partial charge in [-0.15, -0.1) is 0 Å². The molecule has 1 aliphatic heterocycles. The van der Waals surface area contributed by atoms with Crippen LogP contribution in [0.4, 0.5) is 0 Å². The minimum Gasteiger partial charge on any atom is -0.391 e. The first-order valence-electron chi connectivity index (χ1n) is 5.02. The van der Waals surface area contributed by atoms with E-state index in [1.165, 1.54) is 12.0 Å². The van der Waals surface area contributed by atoms with Crippen LogP contribution in [0.25, 0.3) is 0 Å². The molecule has 0 radical (unpaired) electrons. The van der Waals surface area contributed by atoms with E-state index in [0.29, 0.717) is 0 Å². The molecule has 3 atom stereocenters. The molecule has 1 heterocycles. The van der Waals surface area contributed by atoms with E-state index in [4.69, 9.17) is 16.2 Å². The summed E-state index contributed by atoms with van der Waals surface area (Å²) in [6, 6.07) is -0.772. The molecule has 1 saturated heterocycles. The van der Waals surface area contributed by atoms with Gasteiger partial charge in [-0.1, -0.05) is 0 Å². The van der Waals surface area contributed by atoms with Gasteiger partial charge in [0.25, 0.3) is 5.91 Å². The number of nitrogens with zero attached hydrogens (tertiary/aromatic N) is 1. The standard InChI is InChI=1S/C9H17N3O4/c1-16-7(3-10)9(15)12-4-5(13)2-6(12)8(11)14/h5-7,13H,2-4,10H2,1H3,(H2,11,14).